The van der Waals surface area contributed by atoms with Gasteiger partial charge in [-0.3, -0.25) is 0 Å². The maximum Gasteiger partial charge on any atom is 0.277 e. The zero-order valence-electron chi connectivity index (χ0n) is 43.4. The molecule has 6 heterocycles. The Bertz CT molecular complexity index is 3700. The van der Waals surface area contributed by atoms with Gasteiger partial charge in [0, 0.05) is 60.3 Å². The summed E-state index contributed by atoms with van der Waals surface area (Å²) in [6, 6.07) is 52.0. The topological polar surface area (TPSA) is 6.48 Å². The lowest BCUT2D eigenvalue weighted by Crippen LogP contribution is -2.59. The van der Waals surface area contributed by atoms with E-state index in [-0.39, 0.29) is 17.5 Å². The molecule has 356 valence electrons. The molecular formula is C65H59BN2S4. The first-order chi connectivity index (χ1) is 34.4. The lowest BCUT2D eigenvalue weighted by Gasteiger charge is -2.44. The predicted molar refractivity (Wildman–Crippen MR) is 323 cm³/mol. The van der Waals surface area contributed by atoms with Crippen molar-refractivity contribution >= 4 is 142 Å². The van der Waals surface area contributed by atoms with Crippen molar-refractivity contribution in [1.29, 1.82) is 0 Å². The van der Waals surface area contributed by atoms with Crippen molar-refractivity contribution in [2.75, 3.05) is 9.80 Å². The predicted octanol–water partition coefficient (Wildman–Crippen LogP) is 18.9. The smallest absolute Gasteiger partial charge is 0.277 e. The number of hydrogen-bond acceptors (Lipinski definition) is 6. The van der Waals surface area contributed by atoms with Crippen LogP contribution in [0.5, 0.6) is 0 Å². The maximum absolute atomic E-state index is 2.74. The van der Waals surface area contributed by atoms with E-state index >= 15 is 0 Å². The molecule has 7 heteroatoms. The summed E-state index contributed by atoms with van der Waals surface area (Å²) in [4.78, 5) is 8.10. The highest BCUT2D eigenvalue weighted by atomic mass is 32.1. The first-order valence-corrected chi connectivity index (χ1v) is 28.8. The van der Waals surface area contributed by atoms with Crippen LogP contribution >= 0.6 is 45.3 Å². The second-order valence-corrected chi connectivity index (χ2v) is 27.3. The molecule has 13 rings (SSSR count). The Labute approximate surface area is 441 Å². The third-order valence-corrected chi connectivity index (χ3v) is 20.3. The van der Waals surface area contributed by atoms with Gasteiger partial charge >= 0.3 is 0 Å². The van der Waals surface area contributed by atoms with Crippen LogP contribution in [0, 0.1) is 27.7 Å². The number of benzene rings is 7. The Kier molecular flexibility index (Phi) is 10.4. The van der Waals surface area contributed by atoms with Crippen molar-refractivity contribution in [3.63, 3.8) is 0 Å². The van der Waals surface area contributed by atoms with Crippen LogP contribution in [0.4, 0.5) is 34.1 Å². The fourth-order valence-electron chi connectivity index (χ4n) is 11.9. The zero-order chi connectivity index (χ0) is 49.9. The molecule has 0 fully saturated rings. The van der Waals surface area contributed by atoms with Crippen LogP contribution in [-0.4, -0.2) is 6.71 Å². The highest BCUT2D eigenvalue weighted by molar-refractivity contribution is 7.40. The highest BCUT2D eigenvalue weighted by Gasteiger charge is 2.48. The molecule has 2 aliphatic heterocycles. The summed E-state index contributed by atoms with van der Waals surface area (Å²) in [6.07, 6.45) is 0. The Morgan fingerprint density at radius 3 is 1.21 bits per heavy atom. The van der Waals surface area contributed by atoms with E-state index in [4.69, 9.17) is 0 Å². The Balaban J connectivity index is 1.13. The average Bonchev–Trinajstić information content (AvgIpc) is 4.14. The van der Waals surface area contributed by atoms with E-state index in [0.29, 0.717) is 5.92 Å². The fourth-order valence-corrected chi connectivity index (χ4v) is 16.6. The van der Waals surface area contributed by atoms with Crippen LogP contribution in [0.25, 0.3) is 61.2 Å². The largest absolute Gasteiger partial charge is 0.309 e. The van der Waals surface area contributed by atoms with E-state index in [1.165, 1.54) is 149 Å². The van der Waals surface area contributed by atoms with Crippen molar-refractivity contribution in [2.45, 2.75) is 99.8 Å². The number of thiophene rings is 4. The molecule has 2 aliphatic rings. The summed E-state index contributed by atoms with van der Waals surface area (Å²) in [5.74, 6) is 0.296. The van der Waals surface area contributed by atoms with E-state index in [0.717, 1.165) is 0 Å². The highest BCUT2D eigenvalue weighted by Crippen LogP contribution is 2.54. The number of rotatable bonds is 5. The van der Waals surface area contributed by atoms with Crippen LogP contribution in [0.3, 0.4) is 0 Å². The Morgan fingerprint density at radius 1 is 0.431 bits per heavy atom. The van der Waals surface area contributed by atoms with Gasteiger partial charge in [0.1, 0.15) is 0 Å². The van der Waals surface area contributed by atoms with Gasteiger partial charge in [0.15, 0.2) is 0 Å². The second-order valence-electron chi connectivity index (χ2n) is 23.0. The van der Waals surface area contributed by atoms with E-state index in [1.807, 2.05) is 45.3 Å². The number of fused-ring (bicyclic) bond motifs is 10. The molecule has 0 spiro atoms. The van der Waals surface area contributed by atoms with Crippen LogP contribution in [0.15, 0.2) is 133 Å². The maximum atomic E-state index is 2.74. The molecule has 2 nitrogen and oxygen atoms in total. The lowest BCUT2D eigenvalue weighted by atomic mass is 9.39. The summed E-state index contributed by atoms with van der Waals surface area (Å²) >= 11 is 7.82. The molecule has 0 atom stereocenters. The first-order valence-electron chi connectivity index (χ1n) is 25.5. The number of aryl methyl sites for hydroxylation is 4. The first kappa shape index (κ1) is 45.9. The Morgan fingerprint density at radius 2 is 0.833 bits per heavy atom. The quantitative estimate of drug-likeness (QED) is 0.159. The van der Waals surface area contributed by atoms with Crippen molar-refractivity contribution < 1.29 is 0 Å². The molecule has 0 bridgehead atoms. The SMILES string of the molecule is Cc1cc(-c2cc3ccccc3s2)cc(C)c1N1c2cc(C(C)C)cc3c2B(c2sc4ccc(C(C)(C)C)cc4c21)c1sc2ccc(C(C)(C)C)cc2c1N3c1c(C)cc(-c2cc3ccccc3s2)cc1C. The monoisotopic (exact) mass is 1010 g/mol. The molecule has 0 saturated carbocycles. The van der Waals surface area contributed by atoms with E-state index in [1.54, 1.807) is 0 Å². The number of anilines is 6. The standard InChI is InChI=1S/C65H59BN2S4/c1-35(2)42-29-49-57-50(30-42)68(59-38(5)27-44(28-39(59)6)56-32-41-18-14-16-20-52(41)70-56)61-48-34-46(65(10,11)12)22-24-54(48)72-63(61)66(57)62-60(47-33-45(64(7,8)9)21-23-53(47)71-62)67(49)58-36(3)25-43(26-37(58)4)55-31-40-17-13-15-19-51(40)69-55/h13-35H,1-12H3. The van der Waals surface area contributed by atoms with Gasteiger partial charge in [-0.05, 0) is 196 Å². The van der Waals surface area contributed by atoms with Gasteiger partial charge in [0.25, 0.3) is 6.71 Å². The van der Waals surface area contributed by atoms with Crippen molar-refractivity contribution in [3.8, 4) is 20.9 Å². The molecule has 0 N–H and O–H groups in total. The molecule has 11 aromatic rings. The summed E-state index contributed by atoms with van der Waals surface area (Å²) in [7, 11) is 0. The second kappa shape index (κ2) is 16.3. The van der Waals surface area contributed by atoms with Crippen LogP contribution in [0.1, 0.15) is 100 Å². The van der Waals surface area contributed by atoms with Gasteiger partial charge in [-0.2, -0.15) is 0 Å². The minimum atomic E-state index is -0.00683. The third-order valence-electron chi connectivity index (χ3n) is 15.5. The lowest BCUT2D eigenvalue weighted by molar-refractivity contribution is 0.591. The van der Waals surface area contributed by atoms with Gasteiger partial charge in [-0.25, -0.2) is 0 Å². The molecular weight excluding hydrogens is 948 g/mol. The fraction of sp³-hybridized carbons (Fsp3) is 0.231. The summed E-state index contributed by atoms with van der Waals surface area (Å²) in [6.45, 7) is 28.3. The van der Waals surface area contributed by atoms with Gasteiger partial charge < -0.3 is 9.80 Å². The zero-order valence-corrected chi connectivity index (χ0v) is 46.6. The minimum absolute atomic E-state index is 0.00683. The normalized spacial score (nSPS) is 13.6. The molecule has 4 aromatic heterocycles. The van der Waals surface area contributed by atoms with E-state index < -0.39 is 0 Å². The van der Waals surface area contributed by atoms with E-state index in [9.17, 15) is 0 Å². The summed E-state index contributed by atoms with van der Waals surface area (Å²) in [5, 5.41) is 5.31. The Hall–Kier alpha value is -5.96. The molecule has 7 aromatic carbocycles. The number of nitrogens with zero attached hydrogens (tertiary/aromatic N) is 2. The van der Waals surface area contributed by atoms with Gasteiger partial charge in [0.2, 0.25) is 0 Å². The molecule has 0 aliphatic carbocycles. The molecule has 0 radical (unpaired) electrons. The van der Waals surface area contributed by atoms with Crippen LogP contribution < -0.4 is 24.8 Å². The molecule has 0 unspecified atom stereocenters. The van der Waals surface area contributed by atoms with Crippen molar-refractivity contribution in [2.24, 2.45) is 0 Å². The van der Waals surface area contributed by atoms with Crippen LogP contribution in [0.2, 0.25) is 0 Å². The summed E-state index contributed by atoms with van der Waals surface area (Å²) in [5.41, 5.74) is 21.1. The number of hydrogen-bond donors (Lipinski definition) is 0. The third kappa shape index (κ3) is 7.05. The molecule has 0 saturated heterocycles. The minimum Gasteiger partial charge on any atom is -0.309 e. The van der Waals surface area contributed by atoms with Gasteiger partial charge in [-0.15, -0.1) is 45.3 Å². The van der Waals surface area contributed by atoms with Gasteiger partial charge in [-0.1, -0.05) is 104 Å². The van der Waals surface area contributed by atoms with Gasteiger partial charge in [0.05, 0.1) is 22.7 Å². The van der Waals surface area contributed by atoms with Crippen molar-refractivity contribution in [1.82, 2.24) is 0 Å². The molecule has 0 amide bonds. The molecule has 72 heavy (non-hydrogen) atoms. The van der Waals surface area contributed by atoms with Crippen LogP contribution in [-0.2, 0) is 10.8 Å². The van der Waals surface area contributed by atoms with E-state index in [2.05, 4.69) is 226 Å². The van der Waals surface area contributed by atoms with Crippen molar-refractivity contribution in [3.05, 3.63) is 172 Å². The summed E-state index contributed by atoms with van der Waals surface area (Å²) < 4.78 is 8.22. The average molecular weight is 1010 g/mol.